The van der Waals surface area contributed by atoms with Crippen LogP contribution in [0.3, 0.4) is 0 Å². The first-order chi connectivity index (χ1) is 19.0. The highest BCUT2D eigenvalue weighted by atomic mass is 16.6. The molecular formula is C32H37NO6. The molecule has 0 aliphatic carbocycles. The third-order valence-electron chi connectivity index (χ3n) is 6.53. The quantitative estimate of drug-likeness (QED) is 0.0603. The molecule has 0 unspecified atom stereocenters. The summed E-state index contributed by atoms with van der Waals surface area (Å²) in [6.07, 6.45) is 12.7. The molecule has 0 N–H and O–H groups in total. The van der Waals surface area contributed by atoms with Gasteiger partial charge in [0.05, 0.1) is 10.5 Å². The van der Waals surface area contributed by atoms with Crippen LogP contribution in [0.15, 0.2) is 72.8 Å². The second-order valence-corrected chi connectivity index (χ2v) is 9.65. The average molecular weight is 532 g/mol. The van der Waals surface area contributed by atoms with E-state index >= 15 is 0 Å². The first-order valence-electron chi connectivity index (χ1n) is 13.8. The Morgan fingerprint density at radius 1 is 0.641 bits per heavy atom. The standard InChI is InChI=1S/C32H37NO6/c1-2-3-4-5-6-7-8-9-10-11-12-31(34)38-29-21-17-26(18-22-29)25-13-15-27(16-14-25)32(35)39-30-23-19-28(20-24-30)33(36)37/h13-24H,2-12H2,1H3. The molecule has 7 nitrogen and oxygen atoms in total. The van der Waals surface area contributed by atoms with E-state index in [0.717, 1.165) is 24.0 Å². The summed E-state index contributed by atoms with van der Waals surface area (Å²) in [5.41, 5.74) is 2.09. The van der Waals surface area contributed by atoms with Gasteiger partial charge in [-0.2, -0.15) is 0 Å². The van der Waals surface area contributed by atoms with E-state index in [1.165, 1.54) is 75.6 Å². The maximum atomic E-state index is 12.4. The van der Waals surface area contributed by atoms with Gasteiger partial charge in [-0.15, -0.1) is 0 Å². The smallest absolute Gasteiger partial charge is 0.343 e. The van der Waals surface area contributed by atoms with Crippen LogP contribution in [0.5, 0.6) is 11.5 Å². The molecule has 3 aromatic carbocycles. The second-order valence-electron chi connectivity index (χ2n) is 9.65. The van der Waals surface area contributed by atoms with Crippen molar-refractivity contribution < 1.29 is 24.0 Å². The average Bonchev–Trinajstić information content (AvgIpc) is 2.95. The van der Waals surface area contributed by atoms with Crippen molar-refractivity contribution in [3.8, 4) is 22.6 Å². The van der Waals surface area contributed by atoms with E-state index in [2.05, 4.69) is 6.92 Å². The fourth-order valence-electron chi connectivity index (χ4n) is 4.26. The molecule has 0 fully saturated rings. The largest absolute Gasteiger partial charge is 0.427 e. The van der Waals surface area contributed by atoms with E-state index < -0.39 is 10.9 Å². The summed E-state index contributed by atoms with van der Waals surface area (Å²) in [4.78, 5) is 34.8. The van der Waals surface area contributed by atoms with Crippen molar-refractivity contribution in [3.05, 3.63) is 88.5 Å². The molecule has 0 radical (unpaired) electrons. The highest BCUT2D eigenvalue weighted by molar-refractivity contribution is 5.91. The van der Waals surface area contributed by atoms with E-state index in [1.807, 2.05) is 12.1 Å². The van der Waals surface area contributed by atoms with Crippen molar-refractivity contribution in [3.63, 3.8) is 0 Å². The summed E-state index contributed by atoms with van der Waals surface area (Å²) in [5.74, 6) is -0.0228. The molecule has 0 heterocycles. The number of hydrogen-bond acceptors (Lipinski definition) is 6. The van der Waals surface area contributed by atoms with E-state index in [9.17, 15) is 19.7 Å². The summed E-state index contributed by atoms with van der Waals surface area (Å²) in [6.45, 7) is 2.23. The first kappa shape index (κ1) is 29.6. The molecule has 0 aliphatic rings. The number of rotatable bonds is 16. The van der Waals surface area contributed by atoms with Gasteiger partial charge < -0.3 is 9.47 Å². The first-order valence-corrected chi connectivity index (χ1v) is 13.8. The lowest BCUT2D eigenvalue weighted by Crippen LogP contribution is -2.08. The lowest BCUT2D eigenvalue weighted by atomic mass is 10.0. The molecule has 0 aliphatic heterocycles. The third kappa shape index (κ3) is 10.3. The van der Waals surface area contributed by atoms with Crippen molar-refractivity contribution in [1.29, 1.82) is 0 Å². The number of carbonyl (C=O) groups excluding carboxylic acids is 2. The van der Waals surface area contributed by atoms with Crippen molar-refractivity contribution in [2.45, 2.75) is 77.6 Å². The molecule has 0 saturated carbocycles. The van der Waals surface area contributed by atoms with E-state index in [-0.39, 0.29) is 17.4 Å². The molecule has 3 rings (SSSR count). The van der Waals surface area contributed by atoms with Gasteiger partial charge in [-0.25, -0.2) is 4.79 Å². The summed E-state index contributed by atoms with van der Waals surface area (Å²) in [5, 5.41) is 10.7. The van der Waals surface area contributed by atoms with Crippen LogP contribution in [-0.2, 0) is 4.79 Å². The zero-order valence-electron chi connectivity index (χ0n) is 22.6. The van der Waals surface area contributed by atoms with Gasteiger partial charge >= 0.3 is 11.9 Å². The summed E-state index contributed by atoms with van der Waals surface area (Å²) in [7, 11) is 0. The Bertz CT molecular complexity index is 1190. The number of unbranched alkanes of at least 4 members (excludes halogenated alkanes) is 9. The predicted molar refractivity (Wildman–Crippen MR) is 152 cm³/mol. The Balaban J connectivity index is 1.38. The highest BCUT2D eigenvalue weighted by Gasteiger charge is 2.11. The summed E-state index contributed by atoms with van der Waals surface area (Å²) in [6, 6.07) is 19.5. The SMILES string of the molecule is CCCCCCCCCCCCC(=O)Oc1ccc(-c2ccc(C(=O)Oc3ccc([N+](=O)[O-])cc3)cc2)cc1. The molecule has 0 aromatic heterocycles. The fraction of sp³-hybridized carbons (Fsp3) is 0.375. The Morgan fingerprint density at radius 2 is 1.10 bits per heavy atom. The second kappa shape index (κ2) is 16.1. The molecule has 3 aromatic rings. The molecule has 0 amide bonds. The Hall–Kier alpha value is -4.00. The van der Waals surface area contributed by atoms with Crippen LogP contribution in [0.1, 0.15) is 87.9 Å². The van der Waals surface area contributed by atoms with Crippen LogP contribution >= 0.6 is 0 Å². The Morgan fingerprint density at radius 3 is 1.64 bits per heavy atom. The van der Waals surface area contributed by atoms with Crippen molar-refractivity contribution in [2.75, 3.05) is 0 Å². The van der Waals surface area contributed by atoms with Gasteiger partial charge in [-0.1, -0.05) is 89.0 Å². The van der Waals surface area contributed by atoms with Crippen molar-refractivity contribution in [1.82, 2.24) is 0 Å². The number of benzene rings is 3. The number of nitro benzene ring substituents is 1. The number of ether oxygens (including phenoxy) is 2. The molecule has 39 heavy (non-hydrogen) atoms. The zero-order valence-corrected chi connectivity index (χ0v) is 22.6. The van der Waals surface area contributed by atoms with Crippen molar-refractivity contribution in [2.24, 2.45) is 0 Å². The van der Waals surface area contributed by atoms with Crippen LogP contribution in [0.4, 0.5) is 5.69 Å². The van der Waals surface area contributed by atoms with E-state index in [0.29, 0.717) is 17.7 Å². The maximum absolute atomic E-state index is 12.4. The predicted octanol–water partition coefficient (Wildman–Crippen LogP) is 8.70. The van der Waals surface area contributed by atoms with Gasteiger partial charge in [0.2, 0.25) is 0 Å². The normalized spacial score (nSPS) is 10.7. The van der Waals surface area contributed by atoms with Gasteiger partial charge in [0.1, 0.15) is 11.5 Å². The molecule has 0 atom stereocenters. The highest BCUT2D eigenvalue weighted by Crippen LogP contribution is 2.24. The van der Waals surface area contributed by atoms with Crippen LogP contribution in [0.25, 0.3) is 11.1 Å². The monoisotopic (exact) mass is 531 g/mol. The minimum absolute atomic E-state index is 0.0750. The van der Waals surface area contributed by atoms with E-state index in [4.69, 9.17) is 9.47 Å². The van der Waals surface area contributed by atoms with Gasteiger partial charge in [0.15, 0.2) is 0 Å². The minimum Gasteiger partial charge on any atom is -0.427 e. The lowest BCUT2D eigenvalue weighted by Gasteiger charge is -2.08. The van der Waals surface area contributed by atoms with E-state index in [1.54, 1.807) is 36.4 Å². The molecule has 0 saturated heterocycles. The Labute approximate surface area is 230 Å². The molecule has 7 heteroatoms. The van der Waals surface area contributed by atoms with Crippen molar-refractivity contribution >= 4 is 17.6 Å². The molecule has 206 valence electrons. The Kier molecular flexibility index (Phi) is 12.2. The number of nitro groups is 1. The number of esters is 2. The lowest BCUT2D eigenvalue weighted by molar-refractivity contribution is -0.384. The topological polar surface area (TPSA) is 95.7 Å². The molecule has 0 spiro atoms. The molecular weight excluding hydrogens is 494 g/mol. The van der Waals surface area contributed by atoms with Gasteiger partial charge in [0, 0.05) is 18.6 Å². The summed E-state index contributed by atoms with van der Waals surface area (Å²) < 4.78 is 10.8. The number of hydrogen-bond donors (Lipinski definition) is 0. The number of carbonyl (C=O) groups is 2. The zero-order chi connectivity index (χ0) is 27.9. The number of non-ortho nitro benzene ring substituents is 1. The summed E-state index contributed by atoms with van der Waals surface area (Å²) >= 11 is 0. The van der Waals surface area contributed by atoms with Crippen LogP contribution < -0.4 is 9.47 Å². The fourth-order valence-corrected chi connectivity index (χ4v) is 4.26. The van der Waals surface area contributed by atoms with Crippen LogP contribution in [-0.4, -0.2) is 16.9 Å². The van der Waals surface area contributed by atoms with Crippen LogP contribution in [0, 0.1) is 10.1 Å². The van der Waals surface area contributed by atoms with Gasteiger partial charge in [-0.05, 0) is 53.9 Å². The van der Waals surface area contributed by atoms with Gasteiger partial charge in [0.25, 0.3) is 5.69 Å². The van der Waals surface area contributed by atoms with Crippen LogP contribution in [0.2, 0.25) is 0 Å². The number of nitrogens with zero attached hydrogens (tertiary/aromatic N) is 1. The third-order valence-corrected chi connectivity index (χ3v) is 6.53. The minimum atomic E-state index is -0.555. The van der Waals surface area contributed by atoms with Gasteiger partial charge in [-0.3, -0.25) is 14.9 Å². The molecule has 0 bridgehead atoms. The maximum Gasteiger partial charge on any atom is 0.343 e.